The van der Waals surface area contributed by atoms with Gasteiger partial charge in [-0.3, -0.25) is 0 Å². The second kappa shape index (κ2) is 4.40. The maximum absolute atomic E-state index is 4.11. The number of nitrogens with zero attached hydrogens (tertiary/aromatic N) is 3. The highest BCUT2D eigenvalue weighted by molar-refractivity contribution is 7.15. The van der Waals surface area contributed by atoms with E-state index >= 15 is 0 Å². The van der Waals surface area contributed by atoms with Crippen molar-refractivity contribution in [3.8, 4) is 0 Å². The van der Waals surface area contributed by atoms with Crippen LogP contribution >= 0.6 is 11.3 Å². The highest BCUT2D eigenvalue weighted by Crippen LogP contribution is 2.19. The van der Waals surface area contributed by atoms with Gasteiger partial charge in [0.05, 0.1) is 0 Å². The summed E-state index contributed by atoms with van der Waals surface area (Å²) in [7, 11) is 2.03. The monoisotopic (exact) mass is 219 g/mol. The standard InChI is InChI=1S/C11H13N3S/c1-9-12-13-11(15-9)14(2)8-10-6-4-3-5-7-10/h3-7H,8H2,1-2H3. The molecular weight excluding hydrogens is 206 g/mol. The van der Waals surface area contributed by atoms with E-state index in [1.54, 1.807) is 11.3 Å². The van der Waals surface area contributed by atoms with Gasteiger partial charge in [-0.05, 0) is 12.5 Å². The number of aryl methyl sites for hydroxylation is 1. The summed E-state index contributed by atoms with van der Waals surface area (Å²) in [6.45, 7) is 2.84. The first-order chi connectivity index (χ1) is 7.25. The van der Waals surface area contributed by atoms with E-state index in [4.69, 9.17) is 0 Å². The maximum Gasteiger partial charge on any atom is 0.208 e. The van der Waals surface area contributed by atoms with Gasteiger partial charge in [-0.25, -0.2) is 0 Å². The molecule has 0 aliphatic rings. The molecule has 3 nitrogen and oxygen atoms in total. The van der Waals surface area contributed by atoms with E-state index in [-0.39, 0.29) is 0 Å². The summed E-state index contributed by atoms with van der Waals surface area (Å²) in [4.78, 5) is 2.11. The molecule has 0 spiro atoms. The molecule has 0 N–H and O–H groups in total. The van der Waals surface area contributed by atoms with Crippen LogP contribution in [0.25, 0.3) is 0 Å². The molecule has 0 atom stereocenters. The molecular formula is C11H13N3S. The second-order valence-corrected chi connectivity index (χ2v) is 4.61. The lowest BCUT2D eigenvalue weighted by atomic mass is 10.2. The summed E-state index contributed by atoms with van der Waals surface area (Å²) in [5.41, 5.74) is 1.29. The first-order valence-corrected chi connectivity index (χ1v) is 5.62. The minimum Gasteiger partial charge on any atom is -0.345 e. The van der Waals surface area contributed by atoms with E-state index in [1.165, 1.54) is 5.56 Å². The summed E-state index contributed by atoms with van der Waals surface area (Å²) in [5.74, 6) is 0. The molecule has 0 bridgehead atoms. The normalized spacial score (nSPS) is 10.3. The quantitative estimate of drug-likeness (QED) is 0.794. The third kappa shape index (κ3) is 2.53. The van der Waals surface area contributed by atoms with Crippen LogP contribution in [0.2, 0.25) is 0 Å². The van der Waals surface area contributed by atoms with Crippen molar-refractivity contribution in [1.29, 1.82) is 0 Å². The summed E-state index contributed by atoms with van der Waals surface area (Å²) >= 11 is 1.62. The molecule has 15 heavy (non-hydrogen) atoms. The Morgan fingerprint density at radius 3 is 2.53 bits per heavy atom. The molecule has 0 radical (unpaired) electrons. The van der Waals surface area contributed by atoms with Gasteiger partial charge in [0, 0.05) is 13.6 Å². The minimum absolute atomic E-state index is 0.871. The molecule has 0 fully saturated rings. The Kier molecular flexibility index (Phi) is 2.97. The largest absolute Gasteiger partial charge is 0.345 e. The van der Waals surface area contributed by atoms with E-state index in [0.29, 0.717) is 0 Å². The van der Waals surface area contributed by atoms with Gasteiger partial charge in [0.1, 0.15) is 5.01 Å². The lowest BCUT2D eigenvalue weighted by Crippen LogP contribution is -2.15. The summed E-state index contributed by atoms with van der Waals surface area (Å²) < 4.78 is 0. The van der Waals surface area contributed by atoms with Crippen molar-refractivity contribution >= 4 is 16.5 Å². The van der Waals surface area contributed by atoms with Crippen LogP contribution in [0.3, 0.4) is 0 Å². The zero-order valence-corrected chi connectivity index (χ0v) is 9.66. The van der Waals surface area contributed by atoms with Crippen LogP contribution in [0.15, 0.2) is 30.3 Å². The van der Waals surface area contributed by atoms with Crippen LogP contribution in [-0.2, 0) is 6.54 Å². The van der Waals surface area contributed by atoms with Crippen molar-refractivity contribution in [2.75, 3.05) is 11.9 Å². The Hall–Kier alpha value is -1.42. The van der Waals surface area contributed by atoms with Gasteiger partial charge in [0.15, 0.2) is 0 Å². The van der Waals surface area contributed by atoms with Gasteiger partial charge < -0.3 is 4.90 Å². The zero-order chi connectivity index (χ0) is 10.7. The van der Waals surface area contributed by atoms with Crippen LogP contribution in [0, 0.1) is 6.92 Å². The molecule has 1 aromatic heterocycles. The smallest absolute Gasteiger partial charge is 0.208 e. The van der Waals surface area contributed by atoms with Crippen molar-refractivity contribution in [1.82, 2.24) is 10.2 Å². The first-order valence-electron chi connectivity index (χ1n) is 4.81. The average molecular weight is 219 g/mol. The molecule has 1 aromatic carbocycles. The fraction of sp³-hybridized carbons (Fsp3) is 0.273. The van der Waals surface area contributed by atoms with Gasteiger partial charge in [-0.2, -0.15) is 0 Å². The molecule has 78 valence electrons. The molecule has 0 aliphatic heterocycles. The first kappa shape index (κ1) is 10.1. The Balaban J connectivity index is 2.07. The molecule has 0 unspecified atom stereocenters. The minimum atomic E-state index is 0.871. The predicted molar refractivity (Wildman–Crippen MR) is 63.2 cm³/mol. The zero-order valence-electron chi connectivity index (χ0n) is 8.84. The van der Waals surface area contributed by atoms with Crippen LogP contribution in [0.4, 0.5) is 5.13 Å². The number of benzene rings is 1. The topological polar surface area (TPSA) is 29.0 Å². The molecule has 1 heterocycles. The molecule has 0 aliphatic carbocycles. The van der Waals surface area contributed by atoms with Crippen molar-refractivity contribution in [2.24, 2.45) is 0 Å². The Labute approximate surface area is 93.4 Å². The molecule has 0 saturated heterocycles. The fourth-order valence-corrected chi connectivity index (χ4v) is 2.01. The molecule has 2 rings (SSSR count). The van der Waals surface area contributed by atoms with E-state index < -0.39 is 0 Å². The maximum atomic E-state index is 4.11. The number of hydrogen-bond acceptors (Lipinski definition) is 4. The molecule has 2 aromatic rings. The number of anilines is 1. The van der Waals surface area contributed by atoms with Crippen LogP contribution in [-0.4, -0.2) is 17.2 Å². The lowest BCUT2D eigenvalue weighted by molar-refractivity contribution is 0.890. The number of aromatic nitrogens is 2. The van der Waals surface area contributed by atoms with Gasteiger partial charge in [0.25, 0.3) is 0 Å². The van der Waals surface area contributed by atoms with Crippen molar-refractivity contribution in [3.05, 3.63) is 40.9 Å². The van der Waals surface area contributed by atoms with E-state index in [0.717, 1.165) is 16.7 Å². The number of hydrogen-bond donors (Lipinski definition) is 0. The Morgan fingerprint density at radius 1 is 1.20 bits per heavy atom. The van der Waals surface area contributed by atoms with E-state index in [2.05, 4.69) is 39.4 Å². The summed E-state index contributed by atoms with van der Waals surface area (Å²) in [6.07, 6.45) is 0. The average Bonchev–Trinajstić information content (AvgIpc) is 2.66. The van der Waals surface area contributed by atoms with Gasteiger partial charge in [0.2, 0.25) is 5.13 Å². The van der Waals surface area contributed by atoms with Crippen LogP contribution in [0.5, 0.6) is 0 Å². The molecule has 4 heteroatoms. The van der Waals surface area contributed by atoms with Crippen molar-refractivity contribution in [3.63, 3.8) is 0 Å². The fourth-order valence-electron chi connectivity index (χ4n) is 1.37. The number of rotatable bonds is 3. The third-order valence-electron chi connectivity index (χ3n) is 2.10. The van der Waals surface area contributed by atoms with E-state index in [1.807, 2.05) is 20.0 Å². The molecule has 0 saturated carbocycles. The lowest BCUT2D eigenvalue weighted by Gasteiger charge is -2.14. The van der Waals surface area contributed by atoms with Gasteiger partial charge in [-0.15, -0.1) is 10.2 Å². The predicted octanol–water partition coefficient (Wildman–Crippen LogP) is 2.48. The highest BCUT2D eigenvalue weighted by Gasteiger charge is 2.06. The van der Waals surface area contributed by atoms with E-state index in [9.17, 15) is 0 Å². The summed E-state index contributed by atoms with van der Waals surface area (Å²) in [6, 6.07) is 10.4. The van der Waals surface area contributed by atoms with Crippen molar-refractivity contribution < 1.29 is 0 Å². The van der Waals surface area contributed by atoms with Gasteiger partial charge in [-0.1, -0.05) is 41.7 Å². The molecule has 0 amide bonds. The summed E-state index contributed by atoms with van der Waals surface area (Å²) in [5, 5.41) is 10.1. The second-order valence-electron chi connectivity index (χ2n) is 3.45. The van der Waals surface area contributed by atoms with Crippen LogP contribution in [0.1, 0.15) is 10.6 Å². The van der Waals surface area contributed by atoms with Crippen molar-refractivity contribution in [2.45, 2.75) is 13.5 Å². The third-order valence-corrected chi connectivity index (χ3v) is 3.06. The SMILES string of the molecule is Cc1nnc(N(C)Cc2ccccc2)s1. The van der Waals surface area contributed by atoms with Crippen LogP contribution < -0.4 is 4.90 Å². The highest BCUT2D eigenvalue weighted by atomic mass is 32.1. The van der Waals surface area contributed by atoms with Gasteiger partial charge >= 0.3 is 0 Å². The Bertz CT molecular complexity index is 424. The Morgan fingerprint density at radius 2 is 1.93 bits per heavy atom.